The summed E-state index contributed by atoms with van der Waals surface area (Å²) in [6.07, 6.45) is 3.32. The predicted octanol–water partition coefficient (Wildman–Crippen LogP) is 3.34. The monoisotopic (exact) mass is 344 g/mol. The van der Waals surface area contributed by atoms with Gasteiger partial charge in [-0.25, -0.2) is 4.98 Å². The molecule has 6 nitrogen and oxygen atoms in total. The van der Waals surface area contributed by atoms with Gasteiger partial charge in [-0.15, -0.1) is 0 Å². The van der Waals surface area contributed by atoms with Crippen LogP contribution in [-0.2, 0) is 4.79 Å². The lowest BCUT2D eigenvalue weighted by atomic mass is 10.1. The van der Waals surface area contributed by atoms with Crippen LogP contribution >= 0.6 is 0 Å². The maximum absolute atomic E-state index is 12.5. The van der Waals surface area contributed by atoms with Gasteiger partial charge in [0.2, 0.25) is 5.91 Å². The number of hydrogen-bond donors (Lipinski definition) is 2. The Bertz CT molecular complexity index is 1140. The molecule has 2 N–H and O–H groups in total. The fourth-order valence-corrected chi connectivity index (χ4v) is 3.01. The topological polar surface area (TPSA) is 79.8 Å². The third-order valence-corrected chi connectivity index (χ3v) is 4.14. The molecule has 2 aromatic carbocycles. The van der Waals surface area contributed by atoms with Crippen LogP contribution in [0.4, 0.5) is 5.69 Å². The van der Waals surface area contributed by atoms with E-state index < -0.39 is 0 Å². The number of nitrogens with one attached hydrogen (secondary N) is 2. The molecule has 0 aliphatic rings. The maximum atomic E-state index is 12.5. The first-order valence-corrected chi connectivity index (χ1v) is 8.15. The zero-order valence-electron chi connectivity index (χ0n) is 14.1. The lowest BCUT2D eigenvalue weighted by Gasteiger charge is -2.04. The van der Waals surface area contributed by atoms with Crippen LogP contribution < -0.4 is 10.9 Å². The summed E-state index contributed by atoms with van der Waals surface area (Å²) < 4.78 is 1.90. The van der Waals surface area contributed by atoms with E-state index in [0.717, 1.165) is 16.8 Å². The van der Waals surface area contributed by atoms with Crippen LogP contribution in [0.1, 0.15) is 6.92 Å². The summed E-state index contributed by atoms with van der Waals surface area (Å²) in [6, 6.07) is 17.1. The lowest BCUT2D eigenvalue weighted by Crippen LogP contribution is -2.07. The Morgan fingerprint density at radius 1 is 1.08 bits per heavy atom. The fraction of sp³-hybridized carbons (Fsp3) is 0.0500. The number of para-hydroxylation sites is 1. The highest BCUT2D eigenvalue weighted by Crippen LogP contribution is 2.30. The molecular weight excluding hydrogens is 328 g/mol. The smallest absolute Gasteiger partial charge is 0.260 e. The molecular formula is C20H16N4O2. The van der Waals surface area contributed by atoms with Crippen LogP contribution in [0.25, 0.3) is 27.8 Å². The van der Waals surface area contributed by atoms with Crippen molar-refractivity contribution in [2.24, 2.45) is 0 Å². The molecule has 128 valence electrons. The van der Waals surface area contributed by atoms with Crippen molar-refractivity contribution in [1.29, 1.82) is 0 Å². The molecule has 4 rings (SSSR count). The number of amides is 1. The molecule has 0 aliphatic carbocycles. The Kier molecular flexibility index (Phi) is 3.85. The van der Waals surface area contributed by atoms with Gasteiger partial charge in [0.05, 0.1) is 11.7 Å². The second-order valence-electron chi connectivity index (χ2n) is 5.94. The van der Waals surface area contributed by atoms with Crippen LogP contribution in [0.15, 0.2) is 71.9 Å². The van der Waals surface area contributed by atoms with Crippen LogP contribution in [0.2, 0.25) is 0 Å². The van der Waals surface area contributed by atoms with E-state index in [9.17, 15) is 9.59 Å². The number of anilines is 1. The van der Waals surface area contributed by atoms with Crippen LogP contribution in [0.5, 0.6) is 0 Å². The standard InChI is InChI=1S/C20H16N4O2/c1-13(25)23-15-9-7-14(8-10-15)17-11-24(16-5-3-2-4-6-16)19-18(17)20(26)22-12-21-19/h2-12H,1H3,(H,23,25)(H,21,22,26). The Morgan fingerprint density at radius 3 is 2.50 bits per heavy atom. The highest BCUT2D eigenvalue weighted by Gasteiger charge is 2.15. The van der Waals surface area contributed by atoms with E-state index in [1.807, 2.05) is 65.4 Å². The predicted molar refractivity (Wildman–Crippen MR) is 101 cm³/mol. The number of H-pyrrole nitrogens is 1. The third kappa shape index (κ3) is 2.77. The summed E-state index contributed by atoms with van der Waals surface area (Å²) in [6.45, 7) is 1.46. The number of carbonyl (C=O) groups is 1. The summed E-state index contributed by atoms with van der Waals surface area (Å²) in [5.74, 6) is -0.126. The van der Waals surface area contributed by atoms with Crippen molar-refractivity contribution < 1.29 is 4.79 Å². The Balaban J connectivity index is 1.90. The minimum atomic E-state index is -0.189. The average molecular weight is 344 g/mol. The van der Waals surface area contributed by atoms with Gasteiger partial charge in [-0.1, -0.05) is 30.3 Å². The summed E-state index contributed by atoms with van der Waals surface area (Å²) in [5, 5.41) is 3.27. The lowest BCUT2D eigenvalue weighted by molar-refractivity contribution is -0.114. The molecule has 0 aliphatic heterocycles. The second kappa shape index (κ2) is 6.33. The van der Waals surface area contributed by atoms with Crippen LogP contribution in [0.3, 0.4) is 0 Å². The molecule has 0 atom stereocenters. The zero-order valence-corrected chi connectivity index (χ0v) is 14.1. The molecule has 4 aromatic rings. The van der Waals surface area contributed by atoms with Gasteiger partial charge in [-0.05, 0) is 29.8 Å². The third-order valence-electron chi connectivity index (χ3n) is 4.14. The van der Waals surface area contributed by atoms with Crippen molar-refractivity contribution in [3.05, 3.63) is 77.5 Å². The quantitative estimate of drug-likeness (QED) is 0.598. The van der Waals surface area contributed by atoms with Gasteiger partial charge in [0.1, 0.15) is 0 Å². The van der Waals surface area contributed by atoms with Crippen molar-refractivity contribution in [3.8, 4) is 16.8 Å². The molecule has 26 heavy (non-hydrogen) atoms. The molecule has 6 heteroatoms. The number of rotatable bonds is 3. The molecule has 0 saturated carbocycles. The van der Waals surface area contributed by atoms with Crippen molar-refractivity contribution >= 4 is 22.6 Å². The first-order valence-electron chi connectivity index (χ1n) is 8.15. The molecule has 0 bridgehead atoms. The van der Waals surface area contributed by atoms with Crippen LogP contribution in [-0.4, -0.2) is 20.4 Å². The van der Waals surface area contributed by atoms with Gasteiger partial charge >= 0.3 is 0 Å². The normalized spacial score (nSPS) is 10.8. The summed E-state index contributed by atoms with van der Waals surface area (Å²) >= 11 is 0. The fourth-order valence-electron chi connectivity index (χ4n) is 3.01. The number of nitrogens with zero attached hydrogens (tertiary/aromatic N) is 2. The zero-order chi connectivity index (χ0) is 18.1. The van der Waals surface area contributed by atoms with Crippen LogP contribution in [0, 0.1) is 0 Å². The summed E-state index contributed by atoms with van der Waals surface area (Å²) in [7, 11) is 0. The van der Waals surface area contributed by atoms with Gasteiger partial charge in [0.15, 0.2) is 5.65 Å². The van der Waals surface area contributed by atoms with E-state index in [1.165, 1.54) is 13.3 Å². The number of aromatic nitrogens is 3. The highest BCUT2D eigenvalue weighted by molar-refractivity contribution is 5.95. The van der Waals surface area contributed by atoms with E-state index in [1.54, 1.807) is 0 Å². The van der Waals surface area contributed by atoms with Gasteiger partial charge in [0.25, 0.3) is 5.56 Å². The second-order valence-corrected chi connectivity index (χ2v) is 5.94. The van der Waals surface area contributed by atoms with Gasteiger partial charge < -0.3 is 14.9 Å². The minimum Gasteiger partial charge on any atom is -0.326 e. The molecule has 0 unspecified atom stereocenters. The highest BCUT2D eigenvalue weighted by atomic mass is 16.1. The van der Waals surface area contributed by atoms with E-state index >= 15 is 0 Å². The molecule has 0 spiro atoms. The van der Waals surface area contributed by atoms with Crippen molar-refractivity contribution in [1.82, 2.24) is 14.5 Å². The van der Waals surface area contributed by atoms with E-state index in [-0.39, 0.29) is 11.5 Å². The largest absolute Gasteiger partial charge is 0.326 e. The molecule has 2 aromatic heterocycles. The van der Waals surface area contributed by atoms with Crippen molar-refractivity contribution in [3.63, 3.8) is 0 Å². The average Bonchev–Trinajstić information content (AvgIpc) is 3.04. The van der Waals surface area contributed by atoms with Crippen molar-refractivity contribution in [2.75, 3.05) is 5.32 Å². The van der Waals surface area contributed by atoms with E-state index in [0.29, 0.717) is 16.7 Å². The number of aromatic amines is 1. The van der Waals surface area contributed by atoms with Gasteiger partial charge in [-0.2, -0.15) is 0 Å². The maximum Gasteiger partial charge on any atom is 0.260 e. The van der Waals surface area contributed by atoms with E-state index in [4.69, 9.17) is 0 Å². The summed E-state index contributed by atoms with van der Waals surface area (Å²) in [5.41, 5.74) is 3.70. The first kappa shape index (κ1) is 15.8. The SMILES string of the molecule is CC(=O)Nc1ccc(-c2cn(-c3ccccc3)c3nc[nH]c(=O)c23)cc1. The molecule has 0 saturated heterocycles. The van der Waals surface area contributed by atoms with Gasteiger partial charge in [0, 0.05) is 30.1 Å². The molecule has 0 radical (unpaired) electrons. The number of benzene rings is 2. The number of fused-ring (bicyclic) bond motifs is 1. The molecule has 0 fully saturated rings. The number of carbonyl (C=O) groups excluding carboxylic acids is 1. The Labute approximate surface area is 149 Å². The van der Waals surface area contributed by atoms with E-state index in [2.05, 4.69) is 15.3 Å². The summed E-state index contributed by atoms with van der Waals surface area (Å²) in [4.78, 5) is 30.7. The van der Waals surface area contributed by atoms with Crippen molar-refractivity contribution in [2.45, 2.75) is 6.92 Å². The molecule has 2 heterocycles. The molecule has 1 amide bonds. The van der Waals surface area contributed by atoms with Gasteiger partial charge in [-0.3, -0.25) is 9.59 Å². The Hall–Kier alpha value is -3.67. The minimum absolute atomic E-state index is 0.126. The first-order chi connectivity index (χ1) is 12.6. The number of hydrogen-bond acceptors (Lipinski definition) is 3. The Morgan fingerprint density at radius 2 is 1.81 bits per heavy atom.